The quantitative estimate of drug-likeness (QED) is 0.606. The highest BCUT2D eigenvalue weighted by atomic mass is 35.5. The molecule has 0 bridgehead atoms. The number of hydrogen-bond donors (Lipinski definition) is 1. The maximum atomic E-state index is 11.9. The molecule has 1 atom stereocenters. The standard InChI is InChI=1S/C16H11ClN2O2.C6H5F/c17-13-5-3-11(4-6-13)1-2-12-7-8-18-14(9-12)15-10-21-16(20)19-15;7-6-4-2-1-3-5-6/h3-9,15H,10H2,(H,19,20);1-5H/t15-;/m0./s1. The van der Waals surface area contributed by atoms with Gasteiger partial charge in [0.25, 0.3) is 0 Å². The summed E-state index contributed by atoms with van der Waals surface area (Å²) in [6.45, 7) is 0.292. The monoisotopic (exact) mass is 394 g/mol. The Hall–Kier alpha value is -3.36. The number of aromatic nitrogens is 1. The molecule has 1 fully saturated rings. The van der Waals surface area contributed by atoms with Crippen LogP contribution in [0.25, 0.3) is 0 Å². The van der Waals surface area contributed by atoms with Gasteiger partial charge >= 0.3 is 6.09 Å². The van der Waals surface area contributed by atoms with E-state index >= 15 is 0 Å². The van der Waals surface area contributed by atoms with E-state index in [1.807, 2.05) is 24.3 Å². The highest BCUT2D eigenvalue weighted by molar-refractivity contribution is 6.30. The fraction of sp³-hybridized carbons (Fsp3) is 0.0909. The van der Waals surface area contributed by atoms with Crippen molar-refractivity contribution < 1.29 is 13.9 Å². The Morgan fingerprint density at radius 3 is 2.36 bits per heavy atom. The molecular weight excluding hydrogens is 379 g/mol. The first kappa shape index (κ1) is 19.4. The molecule has 6 heteroatoms. The van der Waals surface area contributed by atoms with Gasteiger partial charge in [0, 0.05) is 22.3 Å². The minimum Gasteiger partial charge on any atom is -0.447 e. The average molecular weight is 395 g/mol. The van der Waals surface area contributed by atoms with Crippen molar-refractivity contribution in [2.24, 2.45) is 0 Å². The molecule has 1 amide bonds. The van der Waals surface area contributed by atoms with Crippen LogP contribution >= 0.6 is 11.6 Å². The lowest BCUT2D eigenvalue weighted by atomic mass is 10.1. The Morgan fingerprint density at radius 1 is 1.04 bits per heavy atom. The van der Waals surface area contributed by atoms with Crippen molar-refractivity contribution in [1.82, 2.24) is 10.3 Å². The number of rotatable bonds is 1. The summed E-state index contributed by atoms with van der Waals surface area (Å²) in [5.41, 5.74) is 2.45. The van der Waals surface area contributed by atoms with Crippen molar-refractivity contribution in [3.63, 3.8) is 0 Å². The second kappa shape index (κ2) is 9.54. The molecule has 1 aromatic heterocycles. The number of cyclic esters (lactones) is 1. The van der Waals surface area contributed by atoms with Crippen molar-refractivity contribution in [2.45, 2.75) is 6.04 Å². The Balaban J connectivity index is 0.000000271. The van der Waals surface area contributed by atoms with Crippen molar-refractivity contribution in [3.8, 4) is 11.8 Å². The van der Waals surface area contributed by atoms with Gasteiger partial charge in [0.05, 0.1) is 5.69 Å². The molecule has 1 aliphatic heterocycles. The zero-order valence-electron chi connectivity index (χ0n) is 14.7. The predicted molar refractivity (Wildman–Crippen MR) is 105 cm³/mol. The van der Waals surface area contributed by atoms with Gasteiger partial charge in [0.15, 0.2) is 0 Å². The number of carbonyl (C=O) groups is 1. The number of hydrogen-bond acceptors (Lipinski definition) is 3. The first-order chi connectivity index (χ1) is 13.6. The van der Waals surface area contributed by atoms with Crippen LogP contribution < -0.4 is 5.32 Å². The predicted octanol–water partition coefficient (Wildman–Crippen LogP) is 4.74. The molecule has 0 aliphatic carbocycles. The normalized spacial score (nSPS) is 14.6. The molecule has 1 N–H and O–H groups in total. The fourth-order valence-electron chi connectivity index (χ4n) is 2.35. The molecule has 2 aromatic carbocycles. The van der Waals surface area contributed by atoms with E-state index in [0.29, 0.717) is 11.6 Å². The average Bonchev–Trinajstić information content (AvgIpc) is 3.15. The van der Waals surface area contributed by atoms with Gasteiger partial charge in [-0.25, -0.2) is 9.18 Å². The van der Waals surface area contributed by atoms with Crippen LogP contribution in [0.2, 0.25) is 5.02 Å². The summed E-state index contributed by atoms with van der Waals surface area (Å²) < 4.78 is 16.8. The summed E-state index contributed by atoms with van der Waals surface area (Å²) in [6, 6.07) is 18.7. The summed E-state index contributed by atoms with van der Waals surface area (Å²) >= 11 is 5.83. The van der Waals surface area contributed by atoms with Crippen LogP contribution in [0.4, 0.5) is 9.18 Å². The molecule has 0 saturated carbocycles. The highest BCUT2D eigenvalue weighted by Gasteiger charge is 2.24. The Labute approximate surface area is 167 Å². The number of pyridine rings is 1. The third kappa shape index (κ3) is 5.83. The van der Waals surface area contributed by atoms with Crippen molar-refractivity contribution in [1.29, 1.82) is 0 Å². The lowest BCUT2D eigenvalue weighted by molar-refractivity contribution is 0.177. The number of nitrogens with zero attached hydrogens (tertiary/aromatic N) is 1. The van der Waals surface area contributed by atoms with E-state index in [1.54, 1.807) is 36.5 Å². The Morgan fingerprint density at radius 2 is 1.75 bits per heavy atom. The van der Waals surface area contributed by atoms with E-state index in [0.717, 1.165) is 16.8 Å². The molecule has 3 aromatic rings. The number of carbonyl (C=O) groups excluding carboxylic acids is 1. The molecule has 0 radical (unpaired) electrons. The third-order valence-electron chi connectivity index (χ3n) is 3.74. The van der Waals surface area contributed by atoms with E-state index in [9.17, 15) is 9.18 Å². The Bertz CT molecular complexity index is 998. The molecule has 0 spiro atoms. The van der Waals surface area contributed by atoms with E-state index in [2.05, 4.69) is 22.1 Å². The smallest absolute Gasteiger partial charge is 0.407 e. The van der Waals surface area contributed by atoms with E-state index in [4.69, 9.17) is 16.3 Å². The van der Waals surface area contributed by atoms with Crippen LogP contribution in [0.15, 0.2) is 72.9 Å². The fourth-order valence-corrected chi connectivity index (χ4v) is 2.48. The lowest BCUT2D eigenvalue weighted by Crippen LogP contribution is -2.19. The lowest BCUT2D eigenvalue weighted by Gasteiger charge is -2.06. The summed E-state index contributed by atoms with van der Waals surface area (Å²) in [7, 11) is 0. The molecule has 0 unspecified atom stereocenters. The van der Waals surface area contributed by atoms with Gasteiger partial charge in [-0.15, -0.1) is 0 Å². The minimum atomic E-state index is -0.417. The second-order valence-electron chi connectivity index (χ2n) is 5.82. The van der Waals surface area contributed by atoms with E-state index in [-0.39, 0.29) is 11.9 Å². The Kier molecular flexibility index (Phi) is 6.61. The van der Waals surface area contributed by atoms with Crippen LogP contribution in [-0.2, 0) is 4.74 Å². The summed E-state index contributed by atoms with van der Waals surface area (Å²) in [6.07, 6.45) is 1.26. The first-order valence-electron chi connectivity index (χ1n) is 8.47. The highest BCUT2D eigenvalue weighted by Crippen LogP contribution is 2.16. The third-order valence-corrected chi connectivity index (χ3v) is 3.99. The first-order valence-corrected chi connectivity index (χ1v) is 8.85. The van der Waals surface area contributed by atoms with Crippen molar-refractivity contribution in [2.75, 3.05) is 6.61 Å². The number of nitrogens with one attached hydrogen (secondary N) is 1. The van der Waals surface area contributed by atoms with Gasteiger partial charge in [-0.3, -0.25) is 4.98 Å². The van der Waals surface area contributed by atoms with E-state index in [1.165, 1.54) is 12.1 Å². The minimum absolute atomic E-state index is 0.178. The number of halogens is 2. The molecule has 2 heterocycles. The molecule has 4 nitrogen and oxygen atoms in total. The van der Waals surface area contributed by atoms with Crippen LogP contribution in [0.5, 0.6) is 0 Å². The number of benzene rings is 2. The molecule has 4 rings (SSSR count). The van der Waals surface area contributed by atoms with E-state index < -0.39 is 6.09 Å². The number of ether oxygens (including phenoxy) is 1. The topological polar surface area (TPSA) is 51.2 Å². The second-order valence-corrected chi connectivity index (χ2v) is 6.25. The molecule has 140 valence electrons. The summed E-state index contributed by atoms with van der Waals surface area (Å²) in [4.78, 5) is 15.3. The van der Waals surface area contributed by atoms with Gasteiger partial charge < -0.3 is 10.1 Å². The summed E-state index contributed by atoms with van der Waals surface area (Å²) in [5.74, 6) is 5.95. The molecule has 1 saturated heterocycles. The van der Waals surface area contributed by atoms with Gasteiger partial charge in [-0.05, 0) is 48.5 Å². The van der Waals surface area contributed by atoms with Gasteiger partial charge in [0.1, 0.15) is 18.5 Å². The largest absolute Gasteiger partial charge is 0.447 e. The molecule has 1 aliphatic rings. The SMILES string of the molecule is Fc1ccccc1.O=C1N[C@H](c2cc(C#Cc3ccc(Cl)cc3)ccn2)CO1. The molecular formula is C22H16ClFN2O2. The zero-order chi connectivity index (χ0) is 19.8. The maximum Gasteiger partial charge on any atom is 0.407 e. The van der Waals surface area contributed by atoms with Crippen molar-refractivity contribution >= 4 is 17.7 Å². The van der Waals surface area contributed by atoms with Gasteiger partial charge in [-0.1, -0.05) is 41.6 Å². The number of amides is 1. The van der Waals surface area contributed by atoms with Gasteiger partial charge in [-0.2, -0.15) is 0 Å². The van der Waals surface area contributed by atoms with Crippen LogP contribution in [-0.4, -0.2) is 17.7 Å². The maximum absolute atomic E-state index is 11.9. The van der Waals surface area contributed by atoms with Crippen molar-refractivity contribution in [3.05, 3.63) is 101 Å². The number of alkyl carbamates (subject to hydrolysis) is 1. The van der Waals surface area contributed by atoms with Crippen LogP contribution in [0.1, 0.15) is 22.9 Å². The van der Waals surface area contributed by atoms with Crippen LogP contribution in [0, 0.1) is 17.7 Å². The summed E-state index contributed by atoms with van der Waals surface area (Å²) in [5, 5.41) is 3.37. The van der Waals surface area contributed by atoms with Crippen LogP contribution in [0.3, 0.4) is 0 Å². The van der Waals surface area contributed by atoms with Gasteiger partial charge in [0.2, 0.25) is 0 Å². The molecule has 28 heavy (non-hydrogen) atoms. The zero-order valence-corrected chi connectivity index (χ0v) is 15.5.